The molecule has 1 rings (SSSR count). The van der Waals surface area contributed by atoms with E-state index in [9.17, 15) is 4.79 Å². The van der Waals surface area contributed by atoms with Crippen molar-refractivity contribution in [2.24, 2.45) is 0 Å². The standard InChI is InChI=1S/C13H27N2O2Si2.Li/c1-15-9-7-8-12(15)13(16)14-19(5,6)11-10-17-18(2,3)4;/h10-12H,1,7-9H2,2-6H3,(H,14,16);/q-1;+1/t12-;/m0./s1. The third-order valence-corrected chi connectivity index (χ3v) is 5.72. The van der Waals surface area contributed by atoms with Crippen LogP contribution >= 0.6 is 0 Å². The molecule has 1 heterocycles. The van der Waals surface area contributed by atoms with Gasteiger partial charge in [0.05, 0.1) is 12.3 Å². The number of amides is 1. The number of rotatable bonds is 5. The molecule has 20 heavy (non-hydrogen) atoms. The van der Waals surface area contributed by atoms with Crippen LogP contribution in [0.25, 0.3) is 0 Å². The predicted octanol–water partition coefficient (Wildman–Crippen LogP) is -0.528. The van der Waals surface area contributed by atoms with Crippen molar-refractivity contribution in [3.05, 3.63) is 19.0 Å². The van der Waals surface area contributed by atoms with Gasteiger partial charge in [0.2, 0.25) is 14.2 Å². The molecule has 1 aliphatic rings. The molecule has 1 amide bonds. The summed E-state index contributed by atoms with van der Waals surface area (Å²) in [5.74, 6) is 0.113. The molecule has 0 radical (unpaired) electrons. The van der Waals surface area contributed by atoms with Crippen LogP contribution in [0.4, 0.5) is 0 Å². The number of nitrogens with zero attached hydrogens (tertiary/aromatic N) is 1. The Labute approximate surface area is 137 Å². The van der Waals surface area contributed by atoms with Crippen LogP contribution in [-0.4, -0.2) is 39.9 Å². The first-order valence-corrected chi connectivity index (χ1v) is 13.3. The first-order valence-electron chi connectivity index (χ1n) is 6.85. The Morgan fingerprint density at radius 2 is 1.95 bits per heavy atom. The van der Waals surface area contributed by atoms with E-state index in [0.717, 1.165) is 19.4 Å². The maximum atomic E-state index is 12.2. The summed E-state index contributed by atoms with van der Waals surface area (Å²) < 4.78 is 5.71. The van der Waals surface area contributed by atoms with E-state index in [1.54, 1.807) is 6.26 Å². The van der Waals surface area contributed by atoms with Crippen molar-refractivity contribution in [1.29, 1.82) is 0 Å². The number of carbonyl (C=O) groups excluding carboxylic acids is 1. The van der Waals surface area contributed by atoms with Gasteiger partial charge >= 0.3 is 18.9 Å². The van der Waals surface area contributed by atoms with E-state index < -0.39 is 16.6 Å². The van der Waals surface area contributed by atoms with E-state index >= 15 is 0 Å². The van der Waals surface area contributed by atoms with Gasteiger partial charge in [0.1, 0.15) is 0 Å². The van der Waals surface area contributed by atoms with Crippen LogP contribution < -0.4 is 23.8 Å². The number of carbonyl (C=O) groups is 1. The maximum Gasteiger partial charge on any atom is 1.00 e. The molecule has 1 N–H and O–H groups in total. The van der Waals surface area contributed by atoms with Gasteiger partial charge in [-0.2, -0.15) is 0 Å². The Bertz CT molecular complexity index is 357. The molecule has 4 nitrogen and oxygen atoms in total. The van der Waals surface area contributed by atoms with E-state index in [-0.39, 0.29) is 30.8 Å². The molecule has 1 aliphatic heterocycles. The third kappa shape index (κ3) is 7.14. The normalized spacial score (nSPS) is 20.8. The van der Waals surface area contributed by atoms with E-state index in [1.807, 2.05) is 10.6 Å². The SMILES string of the molecule is [CH2-]N1CCC[C@H]1C(=O)N[Si](C)(C)C=CO[Si](C)(C)C.[Li+]. The summed E-state index contributed by atoms with van der Waals surface area (Å²) >= 11 is 0. The molecule has 7 heteroatoms. The van der Waals surface area contributed by atoms with Gasteiger partial charge in [-0.3, -0.25) is 11.8 Å². The van der Waals surface area contributed by atoms with Crippen LogP contribution in [0.3, 0.4) is 0 Å². The zero-order chi connectivity index (χ0) is 14.7. The van der Waals surface area contributed by atoms with E-state index in [0.29, 0.717) is 0 Å². The van der Waals surface area contributed by atoms with Crippen molar-refractivity contribution in [3.8, 4) is 0 Å². The van der Waals surface area contributed by atoms with E-state index in [1.165, 1.54) is 0 Å². The molecule has 1 fully saturated rings. The van der Waals surface area contributed by atoms with Crippen LogP contribution in [0.5, 0.6) is 0 Å². The van der Waals surface area contributed by atoms with Crippen molar-refractivity contribution >= 4 is 22.5 Å². The fourth-order valence-electron chi connectivity index (χ4n) is 1.97. The topological polar surface area (TPSA) is 41.6 Å². The minimum atomic E-state index is -1.90. The average molecular weight is 306 g/mol. The van der Waals surface area contributed by atoms with Gasteiger partial charge in [-0.25, -0.2) is 0 Å². The Morgan fingerprint density at radius 1 is 1.35 bits per heavy atom. The molecule has 0 saturated carbocycles. The molecular formula is C13H27LiN2O2Si2. The van der Waals surface area contributed by atoms with Gasteiger partial charge in [0.15, 0.2) is 8.24 Å². The van der Waals surface area contributed by atoms with Gasteiger partial charge in [-0.15, -0.1) is 0 Å². The Kier molecular flexibility index (Phi) is 7.85. The Morgan fingerprint density at radius 3 is 2.40 bits per heavy atom. The fourth-order valence-corrected chi connectivity index (χ4v) is 3.88. The molecule has 0 spiro atoms. The minimum Gasteiger partial charge on any atom is -0.550 e. The Balaban J connectivity index is 0.00000361. The molecule has 1 saturated heterocycles. The minimum absolute atomic E-state index is 0. The van der Waals surface area contributed by atoms with Crippen LogP contribution in [0.15, 0.2) is 12.0 Å². The van der Waals surface area contributed by atoms with Gasteiger partial charge in [-0.1, -0.05) is 0 Å². The molecule has 1 atom stereocenters. The molecular weight excluding hydrogens is 279 g/mol. The van der Waals surface area contributed by atoms with Crippen molar-refractivity contribution < 1.29 is 28.1 Å². The molecule has 0 aromatic rings. The summed E-state index contributed by atoms with van der Waals surface area (Å²) in [5, 5.41) is 0. The zero-order valence-corrected chi connectivity index (χ0v) is 15.8. The number of hydrogen-bond donors (Lipinski definition) is 1. The first-order chi connectivity index (χ1) is 8.61. The molecule has 0 aliphatic carbocycles. The van der Waals surface area contributed by atoms with Crippen molar-refractivity contribution in [2.45, 2.75) is 51.6 Å². The molecule has 0 aromatic heterocycles. The predicted molar refractivity (Wildman–Crippen MR) is 84.3 cm³/mol. The smallest absolute Gasteiger partial charge is 0.550 e. The van der Waals surface area contributed by atoms with Crippen molar-refractivity contribution in [3.63, 3.8) is 0 Å². The van der Waals surface area contributed by atoms with E-state index in [2.05, 4.69) is 44.8 Å². The van der Waals surface area contributed by atoms with Crippen LogP contribution in [0, 0.1) is 7.05 Å². The number of hydrogen-bond acceptors (Lipinski definition) is 3. The second-order valence-electron chi connectivity index (χ2n) is 6.71. The number of likely N-dealkylation sites (tertiary alicyclic amines) is 1. The van der Waals surface area contributed by atoms with Crippen LogP contribution in [0.2, 0.25) is 32.7 Å². The average Bonchev–Trinajstić information content (AvgIpc) is 2.60. The zero-order valence-electron chi connectivity index (χ0n) is 13.8. The second-order valence-corrected chi connectivity index (χ2v) is 15.2. The van der Waals surface area contributed by atoms with E-state index in [4.69, 9.17) is 4.43 Å². The summed E-state index contributed by atoms with van der Waals surface area (Å²) in [7, 11) is 0.486. The van der Waals surface area contributed by atoms with Crippen LogP contribution in [-0.2, 0) is 9.22 Å². The van der Waals surface area contributed by atoms with Gasteiger partial charge in [0.25, 0.3) is 0 Å². The molecule has 0 aromatic carbocycles. The van der Waals surface area contributed by atoms with Gasteiger partial charge < -0.3 is 14.3 Å². The Hall–Kier alpha value is 0.00117. The monoisotopic (exact) mass is 306 g/mol. The summed E-state index contributed by atoms with van der Waals surface area (Å²) in [4.78, 5) is 17.3. The van der Waals surface area contributed by atoms with Crippen molar-refractivity contribution in [1.82, 2.24) is 9.88 Å². The van der Waals surface area contributed by atoms with Crippen molar-refractivity contribution in [2.75, 3.05) is 6.54 Å². The summed E-state index contributed by atoms with van der Waals surface area (Å²) in [6, 6.07) is -0.0573. The first kappa shape index (κ1) is 20.0. The largest absolute Gasteiger partial charge is 1.00 e. The fraction of sp³-hybridized carbons (Fsp3) is 0.692. The third-order valence-electron chi connectivity index (χ3n) is 3.02. The van der Waals surface area contributed by atoms with Gasteiger partial charge in [-0.05, 0) is 57.8 Å². The quantitative estimate of drug-likeness (QED) is 0.422. The molecule has 0 bridgehead atoms. The molecule has 0 unspecified atom stereocenters. The molecule has 110 valence electrons. The number of nitrogens with one attached hydrogen (secondary N) is 1. The summed E-state index contributed by atoms with van der Waals surface area (Å²) in [6.45, 7) is 11.6. The van der Waals surface area contributed by atoms with Crippen LogP contribution in [0.1, 0.15) is 12.8 Å². The van der Waals surface area contributed by atoms with Gasteiger partial charge in [0, 0.05) is 0 Å². The maximum absolute atomic E-state index is 12.2. The second kappa shape index (κ2) is 7.85. The summed E-state index contributed by atoms with van der Waals surface area (Å²) in [6.07, 6.45) is 3.75. The summed E-state index contributed by atoms with van der Waals surface area (Å²) in [5.41, 5.74) is 2.05.